The summed E-state index contributed by atoms with van der Waals surface area (Å²) in [5, 5.41) is 3.84. The number of rotatable bonds is 10. The summed E-state index contributed by atoms with van der Waals surface area (Å²) in [5.74, 6) is -0.835. The molecule has 3 aromatic carbocycles. The van der Waals surface area contributed by atoms with Crippen LogP contribution in [0.2, 0.25) is 10.0 Å². The molecule has 0 aliphatic heterocycles. The first-order valence-corrected chi connectivity index (χ1v) is 15.9. The van der Waals surface area contributed by atoms with Crippen LogP contribution in [0.4, 0.5) is 5.69 Å². The number of carbonyl (C=O) groups is 2. The van der Waals surface area contributed by atoms with Crippen molar-refractivity contribution in [2.45, 2.75) is 70.0 Å². The molecular weight excluding hydrogens is 581 g/mol. The summed E-state index contributed by atoms with van der Waals surface area (Å²) in [6, 6.07) is 17.6. The Balaban J connectivity index is 1.73. The molecule has 2 amide bonds. The van der Waals surface area contributed by atoms with Gasteiger partial charge in [0.25, 0.3) is 10.0 Å². The van der Waals surface area contributed by atoms with E-state index in [9.17, 15) is 18.0 Å². The van der Waals surface area contributed by atoms with Gasteiger partial charge in [0.15, 0.2) is 0 Å². The van der Waals surface area contributed by atoms with E-state index in [2.05, 4.69) is 5.32 Å². The first-order valence-electron chi connectivity index (χ1n) is 13.7. The van der Waals surface area contributed by atoms with E-state index in [1.807, 2.05) is 6.92 Å². The number of sulfonamides is 1. The van der Waals surface area contributed by atoms with Crippen molar-refractivity contribution in [1.29, 1.82) is 0 Å². The maximum atomic E-state index is 14.1. The van der Waals surface area contributed by atoms with Gasteiger partial charge in [0.1, 0.15) is 12.6 Å². The number of hydrogen-bond donors (Lipinski definition) is 1. The van der Waals surface area contributed by atoms with Crippen molar-refractivity contribution in [3.63, 3.8) is 0 Å². The lowest BCUT2D eigenvalue weighted by molar-refractivity contribution is -0.139. The largest absolute Gasteiger partial charge is 0.352 e. The highest BCUT2D eigenvalue weighted by Crippen LogP contribution is 2.30. The summed E-state index contributed by atoms with van der Waals surface area (Å²) in [5.41, 5.74) is 2.46. The second-order valence-electron chi connectivity index (χ2n) is 10.5. The molecule has 0 aromatic heterocycles. The molecule has 41 heavy (non-hydrogen) atoms. The third kappa shape index (κ3) is 7.42. The number of aryl methyl sites for hydroxylation is 2. The number of carbonyl (C=O) groups excluding carboxylic acids is 2. The minimum Gasteiger partial charge on any atom is -0.352 e. The smallest absolute Gasteiger partial charge is 0.264 e. The summed E-state index contributed by atoms with van der Waals surface area (Å²) >= 11 is 12.7. The van der Waals surface area contributed by atoms with Gasteiger partial charge in [0.05, 0.1) is 10.6 Å². The van der Waals surface area contributed by atoms with Gasteiger partial charge in [-0.05, 0) is 75.1 Å². The number of nitrogens with one attached hydrogen (secondary N) is 1. The maximum absolute atomic E-state index is 14.1. The van der Waals surface area contributed by atoms with Crippen molar-refractivity contribution in [2.24, 2.45) is 0 Å². The number of hydrogen-bond acceptors (Lipinski definition) is 4. The van der Waals surface area contributed by atoms with Gasteiger partial charge in [-0.3, -0.25) is 13.9 Å². The van der Waals surface area contributed by atoms with Gasteiger partial charge >= 0.3 is 0 Å². The Morgan fingerprint density at radius 2 is 1.63 bits per heavy atom. The topological polar surface area (TPSA) is 86.8 Å². The first kappa shape index (κ1) is 30.9. The van der Waals surface area contributed by atoms with Gasteiger partial charge in [-0.25, -0.2) is 8.42 Å². The molecule has 7 nitrogen and oxygen atoms in total. The molecule has 0 unspecified atom stereocenters. The zero-order valence-electron chi connectivity index (χ0n) is 23.4. The van der Waals surface area contributed by atoms with Gasteiger partial charge < -0.3 is 10.2 Å². The van der Waals surface area contributed by atoms with E-state index >= 15 is 0 Å². The van der Waals surface area contributed by atoms with E-state index < -0.39 is 28.5 Å². The molecule has 10 heteroatoms. The van der Waals surface area contributed by atoms with Crippen molar-refractivity contribution in [3.8, 4) is 0 Å². The van der Waals surface area contributed by atoms with Gasteiger partial charge in [-0.1, -0.05) is 78.0 Å². The Morgan fingerprint density at radius 1 is 0.976 bits per heavy atom. The Kier molecular flexibility index (Phi) is 10.00. The van der Waals surface area contributed by atoms with Crippen LogP contribution in [0, 0.1) is 13.8 Å². The molecule has 0 spiro atoms. The highest BCUT2D eigenvalue weighted by atomic mass is 35.5. The highest BCUT2D eigenvalue weighted by molar-refractivity contribution is 7.92. The highest BCUT2D eigenvalue weighted by Gasteiger charge is 2.34. The summed E-state index contributed by atoms with van der Waals surface area (Å²) in [6.07, 6.45) is 3.89. The summed E-state index contributed by atoms with van der Waals surface area (Å²) in [6.45, 7) is 4.77. The minimum atomic E-state index is -4.18. The minimum absolute atomic E-state index is 0.0324. The molecule has 0 saturated heterocycles. The van der Waals surface area contributed by atoms with Crippen molar-refractivity contribution in [3.05, 3.63) is 93.5 Å². The van der Waals surface area contributed by atoms with E-state index in [0.29, 0.717) is 21.2 Å². The third-order valence-corrected chi connectivity index (χ3v) is 9.87. The first-order chi connectivity index (χ1) is 19.5. The molecule has 4 rings (SSSR count). The average Bonchev–Trinajstić information content (AvgIpc) is 3.45. The monoisotopic (exact) mass is 615 g/mol. The molecule has 1 aliphatic carbocycles. The van der Waals surface area contributed by atoms with Crippen LogP contribution in [0.5, 0.6) is 0 Å². The van der Waals surface area contributed by atoms with Crippen molar-refractivity contribution < 1.29 is 18.0 Å². The van der Waals surface area contributed by atoms with Gasteiger partial charge in [-0.15, -0.1) is 0 Å². The van der Waals surface area contributed by atoms with Crippen LogP contribution in [-0.4, -0.2) is 43.8 Å². The molecular formula is C31H35Cl2N3O4S. The van der Waals surface area contributed by atoms with Crippen LogP contribution < -0.4 is 9.62 Å². The molecule has 0 heterocycles. The Morgan fingerprint density at radius 3 is 2.29 bits per heavy atom. The summed E-state index contributed by atoms with van der Waals surface area (Å²) in [4.78, 5) is 28.9. The fourth-order valence-corrected chi connectivity index (χ4v) is 6.82. The lowest BCUT2D eigenvalue weighted by Gasteiger charge is -2.33. The molecule has 3 aromatic rings. The van der Waals surface area contributed by atoms with E-state index in [-0.39, 0.29) is 29.1 Å². The van der Waals surface area contributed by atoms with Crippen molar-refractivity contribution >= 4 is 50.7 Å². The van der Waals surface area contributed by atoms with Crippen LogP contribution in [0.15, 0.2) is 71.6 Å². The molecule has 1 fully saturated rings. The second-order valence-corrected chi connectivity index (χ2v) is 13.2. The number of halogens is 2. The Hall–Kier alpha value is -3.07. The van der Waals surface area contributed by atoms with Gasteiger partial charge in [0, 0.05) is 22.6 Å². The van der Waals surface area contributed by atoms with Gasteiger partial charge in [-0.2, -0.15) is 0 Å². The van der Waals surface area contributed by atoms with Crippen LogP contribution in [-0.2, 0) is 26.2 Å². The Bertz CT molecular complexity index is 1510. The van der Waals surface area contributed by atoms with E-state index in [4.69, 9.17) is 23.2 Å². The fourth-order valence-electron chi connectivity index (χ4n) is 4.99. The predicted molar refractivity (Wildman–Crippen MR) is 164 cm³/mol. The van der Waals surface area contributed by atoms with Crippen LogP contribution >= 0.6 is 23.2 Å². The van der Waals surface area contributed by atoms with Crippen molar-refractivity contribution in [1.82, 2.24) is 10.2 Å². The molecule has 1 N–H and O–H groups in total. The molecule has 1 saturated carbocycles. The average molecular weight is 617 g/mol. The van der Waals surface area contributed by atoms with Crippen LogP contribution in [0.25, 0.3) is 0 Å². The van der Waals surface area contributed by atoms with E-state index in [1.165, 1.54) is 23.1 Å². The van der Waals surface area contributed by atoms with E-state index in [0.717, 1.165) is 35.6 Å². The maximum Gasteiger partial charge on any atom is 0.264 e. The van der Waals surface area contributed by atoms with Gasteiger partial charge in [0.2, 0.25) is 11.8 Å². The lowest BCUT2D eigenvalue weighted by Crippen LogP contribution is -2.52. The lowest BCUT2D eigenvalue weighted by atomic mass is 10.1. The quantitative estimate of drug-likeness (QED) is 0.291. The molecule has 0 radical (unpaired) electrons. The number of anilines is 1. The molecule has 1 atom stereocenters. The SMILES string of the molecule is Cc1ccc(S(=O)(=O)N(CC(=O)N(Cc2ccccc2Cl)[C@H](C)C(=O)NC2CCCC2)c2cc(Cl)ccc2C)cc1. The number of amides is 2. The van der Waals surface area contributed by atoms with E-state index in [1.54, 1.807) is 62.4 Å². The summed E-state index contributed by atoms with van der Waals surface area (Å²) < 4.78 is 29.1. The van der Waals surface area contributed by atoms with Crippen LogP contribution in [0.1, 0.15) is 49.3 Å². The molecule has 218 valence electrons. The second kappa shape index (κ2) is 13.3. The third-order valence-electron chi connectivity index (χ3n) is 7.50. The normalized spacial score (nSPS) is 14.5. The van der Waals surface area contributed by atoms with Crippen LogP contribution in [0.3, 0.4) is 0 Å². The molecule has 1 aliphatic rings. The number of benzene rings is 3. The summed E-state index contributed by atoms with van der Waals surface area (Å²) in [7, 11) is -4.18. The number of nitrogens with zero attached hydrogens (tertiary/aromatic N) is 2. The Labute approximate surface area is 252 Å². The standard InChI is InChI=1S/C31H35Cl2N3O4S/c1-21-12-16-27(17-13-21)41(39,40)36(29-18-25(32)15-14-22(29)2)20-30(37)35(19-24-8-4-7-11-28(24)33)23(3)31(38)34-26-9-5-6-10-26/h4,7-8,11-18,23,26H,5-6,9-10,19-20H2,1-3H3,(H,34,38)/t23-/m1/s1. The fraction of sp³-hybridized carbons (Fsp3) is 0.355. The van der Waals surface area contributed by atoms with Crippen molar-refractivity contribution in [2.75, 3.05) is 10.8 Å². The molecule has 0 bridgehead atoms. The predicted octanol–water partition coefficient (Wildman–Crippen LogP) is 6.28. The zero-order valence-corrected chi connectivity index (χ0v) is 25.8. The zero-order chi connectivity index (χ0) is 29.7.